The number of aliphatic hydroxyl groups is 1. The second kappa shape index (κ2) is 6.25. The van der Waals surface area contributed by atoms with Gasteiger partial charge in [-0.3, -0.25) is 0 Å². The number of aliphatic hydroxyl groups excluding tert-OH is 1. The molecule has 0 saturated heterocycles. The van der Waals surface area contributed by atoms with Crippen LogP contribution >= 0.6 is 0 Å². The van der Waals surface area contributed by atoms with Crippen LogP contribution in [0.15, 0.2) is 24.3 Å². The van der Waals surface area contributed by atoms with Crippen molar-refractivity contribution in [2.75, 3.05) is 6.54 Å². The molecule has 0 aliphatic rings. The third kappa shape index (κ3) is 5.53. The van der Waals surface area contributed by atoms with Crippen LogP contribution in [0.2, 0.25) is 0 Å². The Kier molecular flexibility index (Phi) is 4.96. The highest BCUT2D eigenvalue weighted by molar-refractivity contribution is 5.73. The Morgan fingerprint density at radius 1 is 1.11 bits per heavy atom. The summed E-state index contributed by atoms with van der Waals surface area (Å²) < 4.78 is 35.4. The second-order valence-electron chi connectivity index (χ2n) is 3.63. The Hall–Kier alpha value is -1.76. The molecule has 18 heavy (non-hydrogen) atoms. The van der Waals surface area contributed by atoms with E-state index in [0.29, 0.717) is 0 Å². The number of urea groups is 1. The zero-order valence-electron chi connectivity index (χ0n) is 9.42. The van der Waals surface area contributed by atoms with E-state index in [4.69, 9.17) is 5.11 Å². The summed E-state index contributed by atoms with van der Waals surface area (Å²) in [4.78, 5) is 11.0. The molecule has 0 aliphatic heterocycles. The lowest BCUT2D eigenvalue weighted by Crippen LogP contribution is -2.40. The van der Waals surface area contributed by atoms with Crippen LogP contribution in [0, 0.1) is 0 Å². The van der Waals surface area contributed by atoms with E-state index < -0.39 is 18.8 Å². The van der Waals surface area contributed by atoms with E-state index in [1.165, 1.54) is 0 Å². The van der Waals surface area contributed by atoms with Gasteiger partial charge in [-0.1, -0.05) is 24.3 Å². The number of hydrogen-bond acceptors (Lipinski definition) is 2. The molecule has 0 aromatic heterocycles. The minimum absolute atomic E-state index is 0.0836. The van der Waals surface area contributed by atoms with Gasteiger partial charge in [-0.15, -0.1) is 0 Å². The second-order valence-corrected chi connectivity index (χ2v) is 3.63. The summed E-state index contributed by atoms with van der Waals surface area (Å²) in [5, 5.41) is 12.8. The molecule has 2 amide bonds. The number of benzene rings is 1. The van der Waals surface area contributed by atoms with Crippen LogP contribution in [0.4, 0.5) is 18.0 Å². The van der Waals surface area contributed by atoms with Gasteiger partial charge in [-0.2, -0.15) is 13.2 Å². The molecule has 7 heteroatoms. The fourth-order valence-electron chi connectivity index (χ4n) is 1.19. The van der Waals surface area contributed by atoms with Crippen LogP contribution in [-0.2, 0) is 13.2 Å². The van der Waals surface area contributed by atoms with Gasteiger partial charge in [0.25, 0.3) is 0 Å². The number of rotatable bonds is 4. The minimum Gasteiger partial charge on any atom is -0.392 e. The molecule has 100 valence electrons. The summed E-state index contributed by atoms with van der Waals surface area (Å²) >= 11 is 0. The molecule has 0 saturated carbocycles. The smallest absolute Gasteiger partial charge is 0.392 e. The number of carbonyl (C=O) groups is 1. The predicted molar refractivity (Wildman–Crippen MR) is 58.7 cm³/mol. The lowest BCUT2D eigenvalue weighted by atomic mass is 10.1. The largest absolute Gasteiger partial charge is 0.405 e. The first-order valence-corrected chi connectivity index (χ1v) is 5.18. The van der Waals surface area contributed by atoms with Gasteiger partial charge in [0.2, 0.25) is 0 Å². The summed E-state index contributed by atoms with van der Waals surface area (Å²) in [6, 6.07) is 5.82. The van der Waals surface area contributed by atoms with E-state index in [0.717, 1.165) is 11.1 Å². The zero-order chi connectivity index (χ0) is 13.6. The molecule has 0 aliphatic carbocycles. The highest BCUT2D eigenvalue weighted by Crippen LogP contribution is 2.12. The van der Waals surface area contributed by atoms with Gasteiger partial charge in [0, 0.05) is 6.54 Å². The van der Waals surface area contributed by atoms with Gasteiger partial charge in [-0.25, -0.2) is 4.79 Å². The normalized spacial score (nSPS) is 11.1. The van der Waals surface area contributed by atoms with Crippen LogP contribution in [0.5, 0.6) is 0 Å². The molecular weight excluding hydrogens is 249 g/mol. The van der Waals surface area contributed by atoms with Crippen LogP contribution in [0.25, 0.3) is 0 Å². The van der Waals surface area contributed by atoms with Crippen molar-refractivity contribution >= 4 is 6.03 Å². The van der Waals surface area contributed by atoms with Gasteiger partial charge >= 0.3 is 12.2 Å². The van der Waals surface area contributed by atoms with Gasteiger partial charge in [0.1, 0.15) is 6.54 Å². The third-order valence-electron chi connectivity index (χ3n) is 2.11. The van der Waals surface area contributed by atoms with Crippen LogP contribution in [0.1, 0.15) is 11.1 Å². The quantitative estimate of drug-likeness (QED) is 0.770. The Bertz CT molecular complexity index is 390. The fourth-order valence-corrected chi connectivity index (χ4v) is 1.19. The minimum atomic E-state index is -4.42. The molecule has 0 radical (unpaired) electrons. The van der Waals surface area contributed by atoms with E-state index in [1.54, 1.807) is 29.6 Å². The van der Waals surface area contributed by atoms with Crippen molar-refractivity contribution in [1.82, 2.24) is 10.6 Å². The summed E-state index contributed by atoms with van der Waals surface area (Å²) in [5.41, 5.74) is 1.45. The Morgan fingerprint density at radius 3 is 2.17 bits per heavy atom. The molecule has 0 unspecified atom stereocenters. The molecular formula is C11H13F3N2O2. The van der Waals surface area contributed by atoms with Gasteiger partial charge < -0.3 is 15.7 Å². The summed E-state index contributed by atoms with van der Waals surface area (Å²) in [7, 11) is 0. The first-order chi connectivity index (χ1) is 8.40. The molecule has 0 fully saturated rings. The maximum atomic E-state index is 11.8. The standard InChI is InChI=1S/C11H13F3N2O2/c12-11(13,14)7-16-10(18)15-5-8-1-3-9(6-17)4-2-8/h1-4,17H,5-7H2,(H2,15,16,18). The summed E-state index contributed by atoms with van der Waals surface area (Å²) in [5.74, 6) is 0. The van der Waals surface area contributed by atoms with Gasteiger partial charge in [-0.05, 0) is 11.1 Å². The maximum Gasteiger partial charge on any atom is 0.405 e. The molecule has 1 rings (SSSR count). The average molecular weight is 262 g/mol. The molecule has 3 N–H and O–H groups in total. The highest BCUT2D eigenvalue weighted by Gasteiger charge is 2.27. The Morgan fingerprint density at radius 2 is 1.67 bits per heavy atom. The van der Waals surface area contributed by atoms with E-state index in [9.17, 15) is 18.0 Å². The van der Waals surface area contributed by atoms with E-state index in [-0.39, 0.29) is 13.2 Å². The van der Waals surface area contributed by atoms with Crippen molar-refractivity contribution in [3.63, 3.8) is 0 Å². The Labute approximate surface area is 102 Å². The lowest BCUT2D eigenvalue weighted by molar-refractivity contribution is -0.122. The molecule has 0 atom stereocenters. The summed E-state index contributed by atoms with van der Waals surface area (Å²) in [6.07, 6.45) is -4.42. The fraction of sp³-hybridized carbons (Fsp3) is 0.364. The van der Waals surface area contributed by atoms with Crippen molar-refractivity contribution < 1.29 is 23.1 Å². The monoisotopic (exact) mass is 262 g/mol. The molecule has 0 bridgehead atoms. The molecule has 0 spiro atoms. The first-order valence-electron chi connectivity index (χ1n) is 5.18. The Balaban J connectivity index is 2.33. The van der Waals surface area contributed by atoms with E-state index in [2.05, 4.69) is 5.32 Å². The van der Waals surface area contributed by atoms with Crippen molar-refractivity contribution in [3.05, 3.63) is 35.4 Å². The maximum absolute atomic E-state index is 11.8. The van der Waals surface area contributed by atoms with Gasteiger partial charge in [0.15, 0.2) is 0 Å². The van der Waals surface area contributed by atoms with Crippen molar-refractivity contribution in [2.45, 2.75) is 19.3 Å². The van der Waals surface area contributed by atoms with Crippen LogP contribution in [-0.4, -0.2) is 23.9 Å². The number of carbonyl (C=O) groups excluding carboxylic acids is 1. The molecule has 0 heterocycles. The number of halogens is 3. The first kappa shape index (κ1) is 14.3. The van der Waals surface area contributed by atoms with Crippen LogP contribution < -0.4 is 10.6 Å². The number of hydrogen-bond donors (Lipinski definition) is 3. The highest BCUT2D eigenvalue weighted by atomic mass is 19.4. The topological polar surface area (TPSA) is 61.4 Å². The number of alkyl halides is 3. The zero-order valence-corrected chi connectivity index (χ0v) is 9.42. The van der Waals surface area contributed by atoms with Crippen LogP contribution in [0.3, 0.4) is 0 Å². The van der Waals surface area contributed by atoms with Gasteiger partial charge in [0.05, 0.1) is 6.61 Å². The number of amides is 2. The predicted octanol–water partition coefficient (Wildman–Crippen LogP) is 1.54. The van der Waals surface area contributed by atoms with Crippen molar-refractivity contribution in [1.29, 1.82) is 0 Å². The van der Waals surface area contributed by atoms with Crippen molar-refractivity contribution in [2.24, 2.45) is 0 Å². The number of nitrogens with one attached hydrogen (secondary N) is 2. The summed E-state index contributed by atoms with van der Waals surface area (Å²) in [6.45, 7) is -1.32. The molecule has 1 aromatic rings. The SMILES string of the molecule is O=C(NCc1ccc(CO)cc1)NCC(F)(F)F. The average Bonchev–Trinajstić information content (AvgIpc) is 2.33. The molecule has 4 nitrogen and oxygen atoms in total. The van der Waals surface area contributed by atoms with Crippen molar-refractivity contribution in [3.8, 4) is 0 Å². The third-order valence-corrected chi connectivity index (χ3v) is 2.11. The van der Waals surface area contributed by atoms with E-state index >= 15 is 0 Å². The molecule has 1 aromatic carbocycles. The lowest BCUT2D eigenvalue weighted by Gasteiger charge is -2.10. The van der Waals surface area contributed by atoms with E-state index in [1.807, 2.05) is 0 Å².